The second-order valence-electron chi connectivity index (χ2n) is 2.94. The van der Waals surface area contributed by atoms with Crippen LogP contribution in [0.4, 0.5) is 13.2 Å². The number of hydrogen-bond donors (Lipinski definition) is 0. The van der Waals surface area contributed by atoms with Gasteiger partial charge in [0.15, 0.2) is 6.29 Å². The molecule has 0 saturated heterocycles. The Balaban J connectivity index is 2.49. The van der Waals surface area contributed by atoms with Gasteiger partial charge in [-0.25, -0.2) is 0 Å². The Labute approximate surface area is 104 Å². The molecule has 0 heterocycles. The topological polar surface area (TPSA) is 35.5 Å². The first-order valence-electron chi connectivity index (χ1n) is 4.50. The summed E-state index contributed by atoms with van der Waals surface area (Å²) in [4.78, 5) is 10.7. The van der Waals surface area contributed by atoms with Gasteiger partial charge in [0, 0.05) is 4.47 Å². The molecule has 7 heteroatoms. The Kier molecular flexibility index (Phi) is 4.95. The molecule has 0 aliphatic rings. The molecule has 0 spiro atoms. The minimum Gasteiger partial charge on any atom is -0.490 e. The predicted molar refractivity (Wildman–Crippen MR) is 57.0 cm³/mol. The zero-order valence-electron chi connectivity index (χ0n) is 8.46. The van der Waals surface area contributed by atoms with Crippen molar-refractivity contribution < 1.29 is 27.4 Å². The fourth-order valence-electron chi connectivity index (χ4n) is 1.05. The van der Waals surface area contributed by atoms with Gasteiger partial charge in [0.05, 0.1) is 12.2 Å². The van der Waals surface area contributed by atoms with Gasteiger partial charge in [-0.05, 0) is 18.2 Å². The van der Waals surface area contributed by atoms with E-state index in [2.05, 4.69) is 20.7 Å². The lowest BCUT2D eigenvalue weighted by atomic mass is 10.2. The largest absolute Gasteiger partial charge is 0.522 e. The van der Waals surface area contributed by atoms with Crippen molar-refractivity contribution in [2.75, 3.05) is 13.2 Å². The summed E-state index contributed by atoms with van der Waals surface area (Å²) < 4.78 is 44.1. The van der Waals surface area contributed by atoms with Gasteiger partial charge in [-0.3, -0.25) is 9.53 Å². The first-order valence-corrected chi connectivity index (χ1v) is 5.30. The van der Waals surface area contributed by atoms with E-state index in [-0.39, 0.29) is 17.9 Å². The van der Waals surface area contributed by atoms with Crippen LogP contribution in [0.25, 0.3) is 0 Å². The van der Waals surface area contributed by atoms with Gasteiger partial charge in [-0.1, -0.05) is 15.9 Å². The maximum absolute atomic E-state index is 11.6. The van der Waals surface area contributed by atoms with Gasteiger partial charge < -0.3 is 4.74 Å². The monoisotopic (exact) mass is 312 g/mol. The van der Waals surface area contributed by atoms with E-state index < -0.39 is 13.0 Å². The second-order valence-corrected chi connectivity index (χ2v) is 3.86. The highest BCUT2D eigenvalue weighted by Gasteiger charge is 2.28. The lowest BCUT2D eigenvalue weighted by molar-refractivity contribution is -0.325. The number of carbonyl (C=O) groups is 1. The first-order chi connectivity index (χ1) is 7.92. The summed E-state index contributed by atoms with van der Waals surface area (Å²) >= 11 is 3.16. The van der Waals surface area contributed by atoms with Crippen LogP contribution in [0.3, 0.4) is 0 Å². The zero-order chi connectivity index (χ0) is 12.9. The van der Waals surface area contributed by atoms with E-state index in [4.69, 9.17) is 4.74 Å². The highest BCUT2D eigenvalue weighted by atomic mass is 79.9. The van der Waals surface area contributed by atoms with Crippen LogP contribution in [0.5, 0.6) is 5.75 Å². The van der Waals surface area contributed by atoms with Crippen molar-refractivity contribution in [1.29, 1.82) is 0 Å². The highest BCUT2D eigenvalue weighted by molar-refractivity contribution is 9.10. The van der Waals surface area contributed by atoms with E-state index in [0.717, 1.165) is 0 Å². The summed E-state index contributed by atoms with van der Waals surface area (Å²) in [5.74, 6) is 0.217. The van der Waals surface area contributed by atoms with E-state index in [0.29, 0.717) is 10.8 Å². The molecule has 0 aromatic heterocycles. The van der Waals surface area contributed by atoms with Crippen LogP contribution in [0.15, 0.2) is 22.7 Å². The minimum absolute atomic E-state index is 0.217. The quantitative estimate of drug-likeness (QED) is 0.619. The van der Waals surface area contributed by atoms with Gasteiger partial charge in [-0.2, -0.15) is 0 Å². The van der Waals surface area contributed by atoms with Crippen LogP contribution in [-0.2, 0) is 4.74 Å². The third kappa shape index (κ3) is 5.18. The summed E-state index contributed by atoms with van der Waals surface area (Å²) in [5.41, 5.74) is 0.256. The SMILES string of the molecule is O=Cc1cc(Br)ccc1OCCOC(F)(F)F. The molecule has 0 saturated carbocycles. The maximum atomic E-state index is 11.6. The Bertz CT molecular complexity index is 393. The first kappa shape index (κ1) is 14.0. The van der Waals surface area contributed by atoms with E-state index in [9.17, 15) is 18.0 Å². The molecule has 0 aliphatic heterocycles. The molecular formula is C10H8BrF3O3. The number of alkyl halides is 3. The van der Waals surface area contributed by atoms with E-state index >= 15 is 0 Å². The smallest absolute Gasteiger partial charge is 0.490 e. The molecule has 17 heavy (non-hydrogen) atoms. The minimum atomic E-state index is -4.67. The Morgan fingerprint density at radius 2 is 2.00 bits per heavy atom. The molecule has 3 nitrogen and oxygen atoms in total. The maximum Gasteiger partial charge on any atom is 0.522 e. The molecule has 0 N–H and O–H groups in total. The summed E-state index contributed by atoms with van der Waals surface area (Å²) in [5, 5.41) is 0. The molecule has 0 aliphatic carbocycles. The zero-order valence-corrected chi connectivity index (χ0v) is 10.0. The van der Waals surface area contributed by atoms with Crippen molar-refractivity contribution in [1.82, 2.24) is 0 Å². The van der Waals surface area contributed by atoms with Gasteiger partial charge in [0.25, 0.3) is 0 Å². The lowest BCUT2D eigenvalue weighted by Crippen LogP contribution is -2.18. The van der Waals surface area contributed by atoms with Crippen molar-refractivity contribution >= 4 is 22.2 Å². The van der Waals surface area contributed by atoms with Gasteiger partial charge >= 0.3 is 6.36 Å². The number of ether oxygens (including phenoxy) is 2. The fourth-order valence-corrected chi connectivity index (χ4v) is 1.43. The number of halogens is 4. The lowest BCUT2D eigenvalue weighted by Gasteiger charge is -2.10. The molecule has 1 aromatic rings. The average molecular weight is 313 g/mol. The second kappa shape index (κ2) is 6.02. The van der Waals surface area contributed by atoms with Crippen LogP contribution in [0, 0.1) is 0 Å². The number of hydrogen-bond acceptors (Lipinski definition) is 3. The van der Waals surface area contributed by atoms with E-state index in [1.807, 2.05) is 0 Å². The van der Waals surface area contributed by atoms with Crippen LogP contribution in [0.1, 0.15) is 10.4 Å². The summed E-state index contributed by atoms with van der Waals surface area (Å²) in [6.07, 6.45) is -4.11. The Morgan fingerprint density at radius 1 is 1.29 bits per heavy atom. The van der Waals surface area contributed by atoms with Crippen LogP contribution >= 0.6 is 15.9 Å². The third-order valence-electron chi connectivity index (χ3n) is 1.71. The summed E-state index contributed by atoms with van der Waals surface area (Å²) in [6, 6.07) is 4.61. The van der Waals surface area contributed by atoms with Crippen molar-refractivity contribution in [2.45, 2.75) is 6.36 Å². The standard InChI is InChI=1S/C10H8BrF3O3/c11-8-1-2-9(7(5-8)6-15)16-3-4-17-10(12,13)14/h1-2,5-6H,3-4H2. The number of rotatable bonds is 5. The number of benzene rings is 1. The molecule has 94 valence electrons. The van der Waals surface area contributed by atoms with Gasteiger partial charge in [0.1, 0.15) is 12.4 Å². The molecule has 0 amide bonds. The molecule has 0 radical (unpaired) electrons. The van der Waals surface area contributed by atoms with Crippen molar-refractivity contribution in [2.24, 2.45) is 0 Å². The van der Waals surface area contributed by atoms with E-state index in [1.54, 1.807) is 6.07 Å². The van der Waals surface area contributed by atoms with Crippen LogP contribution in [-0.4, -0.2) is 25.9 Å². The Hall–Kier alpha value is -1.08. The summed E-state index contributed by atoms with van der Waals surface area (Å²) in [7, 11) is 0. The molecule has 0 fully saturated rings. The van der Waals surface area contributed by atoms with Crippen molar-refractivity contribution in [3.05, 3.63) is 28.2 Å². The van der Waals surface area contributed by atoms with Gasteiger partial charge in [0.2, 0.25) is 0 Å². The molecule has 0 unspecified atom stereocenters. The highest BCUT2D eigenvalue weighted by Crippen LogP contribution is 2.22. The molecule has 0 atom stereocenters. The van der Waals surface area contributed by atoms with E-state index in [1.165, 1.54) is 12.1 Å². The third-order valence-corrected chi connectivity index (χ3v) is 2.20. The number of carbonyl (C=O) groups excluding carboxylic acids is 1. The normalized spacial score (nSPS) is 11.3. The number of aldehydes is 1. The molecule has 0 bridgehead atoms. The average Bonchev–Trinajstić information content (AvgIpc) is 2.24. The van der Waals surface area contributed by atoms with Gasteiger partial charge in [-0.15, -0.1) is 13.2 Å². The molecule has 1 aromatic carbocycles. The predicted octanol–water partition coefficient (Wildman–Crippen LogP) is 3.18. The van der Waals surface area contributed by atoms with Crippen molar-refractivity contribution in [3.63, 3.8) is 0 Å². The molecule has 1 rings (SSSR count). The Morgan fingerprint density at radius 3 is 2.59 bits per heavy atom. The fraction of sp³-hybridized carbons (Fsp3) is 0.300. The molecular weight excluding hydrogens is 305 g/mol. The van der Waals surface area contributed by atoms with Crippen LogP contribution in [0.2, 0.25) is 0 Å². The van der Waals surface area contributed by atoms with Crippen LogP contribution < -0.4 is 4.74 Å². The summed E-state index contributed by atoms with van der Waals surface area (Å²) in [6.45, 7) is -0.917. The van der Waals surface area contributed by atoms with Crippen molar-refractivity contribution in [3.8, 4) is 5.75 Å².